The van der Waals surface area contributed by atoms with Crippen LogP contribution in [0.4, 0.5) is 0 Å². The van der Waals surface area contributed by atoms with E-state index in [2.05, 4.69) is 32.3 Å². The van der Waals surface area contributed by atoms with E-state index < -0.39 is 8.07 Å². The fraction of sp³-hybridized carbons (Fsp3) is 0.500. The van der Waals surface area contributed by atoms with Crippen LogP contribution in [0.15, 0.2) is 11.8 Å². The van der Waals surface area contributed by atoms with E-state index in [1.54, 1.807) is 0 Å². The molecule has 0 aliphatic rings. The van der Waals surface area contributed by atoms with E-state index >= 15 is 0 Å². The average Bonchev–Trinajstić information content (AvgIpc) is 1.30. The number of hydrogen-bond donors (Lipinski definition) is 0. The first kappa shape index (κ1) is 11.4. The molecule has 0 bridgehead atoms. The molecular formula is C6H13SiTi-. The molecule has 0 atom stereocenters. The maximum Gasteiger partial charge on any atom is 0 e. The molecule has 0 fully saturated rings. The minimum Gasteiger partial charge on any atom is -0.245 e. The molecule has 0 rings (SSSR count). The van der Waals surface area contributed by atoms with Gasteiger partial charge in [-0.1, -0.05) is 19.6 Å². The smallest absolute Gasteiger partial charge is 0 e. The van der Waals surface area contributed by atoms with Gasteiger partial charge in [-0.05, 0) is 8.07 Å². The average molecular weight is 161 g/mol. The third kappa shape index (κ3) is 9.74. The molecule has 2 heteroatoms. The van der Waals surface area contributed by atoms with Gasteiger partial charge in [0, 0.05) is 21.7 Å². The summed E-state index contributed by atoms with van der Waals surface area (Å²) >= 11 is 0. The van der Waals surface area contributed by atoms with Crippen molar-refractivity contribution in [2.75, 3.05) is 0 Å². The van der Waals surface area contributed by atoms with Gasteiger partial charge in [-0.15, -0.1) is 0 Å². The molecule has 0 nitrogen and oxygen atoms in total. The third-order valence-electron chi connectivity index (χ3n) is 0.618. The van der Waals surface area contributed by atoms with Crippen molar-refractivity contribution in [3.63, 3.8) is 0 Å². The van der Waals surface area contributed by atoms with Gasteiger partial charge >= 0.3 is 0 Å². The monoisotopic (exact) mass is 161 g/mol. The van der Waals surface area contributed by atoms with Gasteiger partial charge in [-0.25, -0.2) is 18.7 Å². The number of allylic oxidation sites excluding steroid dienone is 1. The Morgan fingerprint density at radius 3 is 1.62 bits per heavy atom. The van der Waals surface area contributed by atoms with Gasteiger partial charge in [0.15, 0.2) is 0 Å². The van der Waals surface area contributed by atoms with Gasteiger partial charge in [-0.2, -0.15) is 0 Å². The number of rotatable bonds is 1. The molecule has 0 spiro atoms. The second-order valence-corrected chi connectivity index (χ2v) is 7.83. The summed E-state index contributed by atoms with van der Waals surface area (Å²) in [6.07, 6.45) is 1.90. The molecule has 46 valence electrons. The van der Waals surface area contributed by atoms with Crippen molar-refractivity contribution in [2.24, 2.45) is 0 Å². The van der Waals surface area contributed by atoms with E-state index in [0.29, 0.717) is 0 Å². The molecule has 0 aromatic carbocycles. The zero-order valence-electron chi connectivity index (χ0n) is 5.86. The maximum atomic E-state index is 3.63. The standard InChI is InChI=1S/C6H13Si.Ti/c1-5-6-7(2,3)4;/h5-6H,1H2,2-4H3;/q-1;. The Hall–Kier alpha value is 0.541. The predicted molar refractivity (Wildman–Crippen MR) is 37.8 cm³/mol. The Bertz CT molecular complexity index is 71.1. The fourth-order valence-electron chi connectivity index (χ4n) is 0.354. The molecule has 0 aliphatic heterocycles. The third-order valence-corrected chi connectivity index (χ3v) is 1.85. The topological polar surface area (TPSA) is 0 Å². The summed E-state index contributed by atoms with van der Waals surface area (Å²) < 4.78 is 0. The SMILES string of the molecule is [CH2-]C=C[Si](C)(C)C.[Ti]. The van der Waals surface area contributed by atoms with Crippen LogP contribution in [-0.2, 0) is 21.7 Å². The predicted octanol–water partition coefficient (Wildman–Crippen LogP) is 2.25. The molecule has 0 saturated heterocycles. The fourth-order valence-corrected chi connectivity index (χ4v) is 1.06. The van der Waals surface area contributed by atoms with Crippen molar-refractivity contribution in [2.45, 2.75) is 19.6 Å². The van der Waals surface area contributed by atoms with Crippen molar-refractivity contribution < 1.29 is 21.7 Å². The van der Waals surface area contributed by atoms with E-state index in [0.717, 1.165) is 0 Å². The van der Waals surface area contributed by atoms with E-state index in [1.165, 1.54) is 0 Å². The summed E-state index contributed by atoms with van der Waals surface area (Å²) in [5.74, 6) is 0. The van der Waals surface area contributed by atoms with Gasteiger partial charge in [0.1, 0.15) is 0 Å². The van der Waals surface area contributed by atoms with E-state index in [9.17, 15) is 0 Å². The largest absolute Gasteiger partial charge is 0.245 e. The molecule has 0 unspecified atom stereocenters. The van der Waals surface area contributed by atoms with Crippen LogP contribution < -0.4 is 0 Å². The molecule has 0 amide bonds. The zero-order valence-corrected chi connectivity index (χ0v) is 8.42. The van der Waals surface area contributed by atoms with Crippen molar-refractivity contribution >= 4 is 8.07 Å². The summed E-state index contributed by atoms with van der Waals surface area (Å²) in [4.78, 5) is 0. The minimum atomic E-state index is -0.900. The summed E-state index contributed by atoms with van der Waals surface area (Å²) in [6, 6.07) is 0. The summed E-state index contributed by atoms with van der Waals surface area (Å²) in [6.45, 7) is 10.5. The first-order valence-electron chi connectivity index (χ1n) is 2.53. The van der Waals surface area contributed by atoms with Gasteiger partial charge in [0.2, 0.25) is 0 Å². The molecule has 0 aromatic heterocycles. The Morgan fingerprint density at radius 2 is 1.62 bits per heavy atom. The Balaban J connectivity index is 0. The van der Waals surface area contributed by atoms with Gasteiger partial charge < -0.3 is 0 Å². The second-order valence-electron chi connectivity index (χ2n) is 2.77. The summed E-state index contributed by atoms with van der Waals surface area (Å²) in [5.41, 5.74) is 2.22. The van der Waals surface area contributed by atoms with Gasteiger partial charge in [-0.3, -0.25) is 0 Å². The normalized spacial score (nSPS) is 11.4. The van der Waals surface area contributed by atoms with Crippen molar-refractivity contribution in [1.29, 1.82) is 0 Å². The Morgan fingerprint density at radius 1 is 1.25 bits per heavy atom. The van der Waals surface area contributed by atoms with Crippen molar-refractivity contribution in [3.8, 4) is 0 Å². The van der Waals surface area contributed by atoms with Crippen LogP contribution in [0.3, 0.4) is 0 Å². The maximum absolute atomic E-state index is 3.63. The molecular weight excluding hydrogens is 148 g/mol. The van der Waals surface area contributed by atoms with Crippen molar-refractivity contribution in [1.82, 2.24) is 0 Å². The van der Waals surface area contributed by atoms with Crippen LogP contribution in [0.5, 0.6) is 0 Å². The van der Waals surface area contributed by atoms with E-state index in [1.807, 2.05) is 6.08 Å². The Kier molecular flexibility index (Phi) is 6.28. The van der Waals surface area contributed by atoms with Crippen LogP contribution in [0.1, 0.15) is 0 Å². The Labute approximate surface area is 68.3 Å². The quantitative estimate of drug-likeness (QED) is 0.408. The van der Waals surface area contributed by atoms with Crippen LogP contribution in [-0.4, -0.2) is 8.07 Å². The first-order chi connectivity index (χ1) is 3.06. The molecule has 0 heterocycles. The molecule has 0 aromatic rings. The van der Waals surface area contributed by atoms with E-state index in [4.69, 9.17) is 0 Å². The molecule has 0 saturated carbocycles. The summed E-state index contributed by atoms with van der Waals surface area (Å²) in [5, 5.41) is 0. The van der Waals surface area contributed by atoms with Crippen LogP contribution in [0.25, 0.3) is 0 Å². The van der Waals surface area contributed by atoms with E-state index in [-0.39, 0.29) is 21.7 Å². The van der Waals surface area contributed by atoms with Crippen molar-refractivity contribution in [3.05, 3.63) is 18.7 Å². The summed E-state index contributed by atoms with van der Waals surface area (Å²) in [7, 11) is -0.900. The second kappa shape index (κ2) is 4.42. The van der Waals surface area contributed by atoms with Crippen LogP contribution in [0.2, 0.25) is 19.6 Å². The number of hydrogen-bond acceptors (Lipinski definition) is 0. The van der Waals surface area contributed by atoms with Crippen LogP contribution in [0, 0.1) is 6.92 Å². The first-order valence-corrected chi connectivity index (χ1v) is 6.11. The zero-order chi connectivity index (χ0) is 5.91. The van der Waals surface area contributed by atoms with Gasteiger partial charge in [0.05, 0.1) is 0 Å². The minimum absolute atomic E-state index is 0. The van der Waals surface area contributed by atoms with Crippen LogP contribution >= 0.6 is 0 Å². The van der Waals surface area contributed by atoms with Gasteiger partial charge in [0.25, 0.3) is 0 Å². The molecule has 8 heavy (non-hydrogen) atoms. The molecule has 0 N–H and O–H groups in total. The molecule has 0 aliphatic carbocycles. The molecule has 0 radical (unpaired) electrons.